The van der Waals surface area contributed by atoms with E-state index in [1.54, 1.807) is 33.8 Å². The van der Waals surface area contributed by atoms with E-state index in [-0.39, 0.29) is 0 Å². The van der Waals surface area contributed by atoms with Crippen LogP contribution in [-0.4, -0.2) is 28.9 Å². The van der Waals surface area contributed by atoms with Crippen LogP contribution in [0.4, 0.5) is 4.79 Å². The highest BCUT2D eigenvalue weighted by Gasteiger charge is 2.20. The van der Waals surface area contributed by atoms with Crippen LogP contribution in [0.15, 0.2) is 11.6 Å². The predicted octanol–water partition coefficient (Wildman–Crippen LogP) is 2.23. The van der Waals surface area contributed by atoms with Crippen LogP contribution in [-0.2, 0) is 4.74 Å². The van der Waals surface area contributed by atoms with E-state index in [4.69, 9.17) is 4.74 Å². The van der Waals surface area contributed by atoms with Gasteiger partial charge in [0, 0.05) is 0 Å². The summed E-state index contributed by atoms with van der Waals surface area (Å²) in [6, 6.07) is -0.417. The van der Waals surface area contributed by atoms with Crippen LogP contribution in [0.3, 0.4) is 0 Å². The Kier molecular flexibility index (Phi) is 5.51. The van der Waals surface area contributed by atoms with Crippen LogP contribution in [0.1, 0.15) is 41.5 Å². The lowest BCUT2D eigenvalue weighted by molar-refractivity contribution is 0.0465. The maximum absolute atomic E-state index is 11.5. The van der Waals surface area contributed by atoms with Gasteiger partial charge >= 0.3 is 6.09 Å². The van der Waals surface area contributed by atoms with Crippen LogP contribution in [0.2, 0.25) is 0 Å². The molecule has 4 nitrogen and oxygen atoms in total. The van der Waals surface area contributed by atoms with Gasteiger partial charge in [0.15, 0.2) is 0 Å². The number of carbonyl (C=O) groups is 1. The smallest absolute Gasteiger partial charge is 0.408 e. The van der Waals surface area contributed by atoms with Crippen molar-refractivity contribution in [3.63, 3.8) is 0 Å². The Hall–Kier alpha value is -1.03. The highest BCUT2D eigenvalue weighted by Crippen LogP contribution is 2.08. The molecule has 0 fully saturated rings. The second-order valence-electron chi connectivity index (χ2n) is 5.16. The number of rotatable bonds is 3. The zero-order valence-corrected chi connectivity index (χ0v) is 11.0. The number of ether oxygens (including phenoxy) is 1. The topological polar surface area (TPSA) is 58.6 Å². The van der Waals surface area contributed by atoms with Crippen LogP contribution < -0.4 is 5.32 Å². The largest absolute Gasteiger partial charge is 0.444 e. The van der Waals surface area contributed by atoms with E-state index < -0.39 is 23.8 Å². The summed E-state index contributed by atoms with van der Waals surface area (Å²) in [6.07, 6.45) is 0.632. The number of carbonyl (C=O) groups excluding carboxylic acids is 1. The van der Waals surface area contributed by atoms with Gasteiger partial charge in [-0.25, -0.2) is 4.79 Å². The first-order chi connectivity index (χ1) is 7.11. The third-order valence-electron chi connectivity index (χ3n) is 1.72. The lowest BCUT2D eigenvalue weighted by Gasteiger charge is -2.23. The summed E-state index contributed by atoms with van der Waals surface area (Å²) in [7, 11) is 0. The van der Waals surface area contributed by atoms with Gasteiger partial charge in [0.2, 0.25) is 0 Å². The van der Waals surface area contributed by atoms with Crippen LogP contribution in [0.5, 0.6) is 0 Å². The molecule has 0 radical (unpaired) electrons. The summed E-state index contributed by atoms with van der Waals surface area (Å²) in [6.45, 7) is 10.8. The minimum atomic E-state index is -0.651. The van der Waals surface area contributed by atoms with Gasteiger partial charge in [0.05, 0.1) is 12.1 Å². The molecule has 0 heterocycles. The molecule has 4 heteroatoms. The Labute approximate surface area is 97.7 Å². The number of allylic oxidation sites excluding steroid dienone is 1. The van der Waals surface area contributed by atoms with E-state index >= 15 is 0 Å². The van der Waals surface area contributed by atoms with Gasteiger partial charge in [0.25, 0.3) is 0 Å². The third kappa shape index (κ3) is 7.29. The number of aliphatic hydroxyl groups is 1. The zero-order valence-electron chi connectivity index (χ0n) is 11.0. The summed E-state index contributed by atoms with van der Waals surface area (Å²) in [5.41, 5.74) is 0.500. The molecule has 0 bridgehead atoms. The van der Waals surface area contributed by atoms with Gasteiger partial charge in [-0.2, -0.15) is 0 Å². The number of nitrogens with one attached hydrogen (secondary N) is 1. The van der Waals surface area contributed by atoms with Crippen molar-refractivity contribution >= 4 is 6.09 Å². The molecule has 0 aliphatic rings. The van der Waals surface area contributed by atoms with Crippen molar-refractivity contribution in [2.45, 2.75) is 59.3 Å². The standard InChI is InChI=1S/C12H23NO3/c1-8(2)7-10(9(3)14)13-11(15)16-12(4,5)6/h7,9-10,14H,1-6H3,(H,13,15)/t9-,10+/m1/s1. The molecule has 0 aromatic heterocycles. The van der Waals surface area contributed by atoms with E-state index in [2.05, 4.69) is 5.32 Å². The average molecular weight is 229 g/mol. The Balaban J connectivity index is 4.42. The van der Waals surface area contributed by atoms with Gasteiger partial charge in [-0.3, -0.25) is 0 Å². The Morgan fingerprint density at radius 2 is 1.88 bits per heavy atom. The van der Waals surface area contributed by atoms with Crippen molar-refractivity contribution in [3.05, 3.63) is 11.6 Å². The number of alkyl carbamates (subject to hydrolysis) is 1. The molecule has 0 rings (SSSR count). The normalized spacial score (nSPS) is 14.9. The van der Waals surface area contributed by atoms with E-state index in [0.29, 0.717) is 0 Å². The van der Waals surface area contributed by atoms with Crippen molar-refractivity contribution in [1.82, 2.24) is 5.32 Å². The summed E-state index contributed by atoms with van der Waals surface area (Å²) in [4.78, 5) is 11.5. The molecule has 0 aromatic rings. The maximum atomic E-state index is 11.5. The van der Waals surface area contributed by atoms with Crippen molar-refractivity contribution in [1.29, 1.82) is 0 Å². The second-order valence-corrected chi connectivity index (χ2v) is 5.16. The summed E-state index contributed by atoms with van der Waals surface area (Å²) < 4.78 is 5.11. The lowest BCUT2D eigenvalue weighted by atomic mass is 10.1. The Bertz CT molecular complexity index is 260. The summed E-state index contributed by atoms with van der Waals surface area (Å²) in [5, 5.41) is 12.1. The van der Waals surface area contributed by atoms with E-state index in [0.717, 1.165) is 5.57 Å². The fourth-order valence-electron chi connectivity index (χ4n) is 1.10. The highest BCUT2D eigenvalue weighted by molar-refractivity contribution is 5.68. The molecule has 1 amide bonds. The molecular weight excluding hydrogens is 206 g/mol. The number of amides is 1. The zero-order chi connectivity index (χ0) is 12.9. The third-order valence-corrected chi connectivity index (χ3v) is 1.72. The number of hydrogen-bond acceptors (Lipinski definition) is 3. The first-order valence-electron chi connectivity index (χ1n) is 5.44. The highest BCUT2D eigenvalue weighted by atomic mass is 16.6. The first kappa shape index (κ1) is 15.0. The minimum Gasteiger partial charge on any atom is -0.444 e. The van der Waals surface area contributed by atoms with Crippen molar-refractivity contribution in [3.8, 4) is 0 Å². The van der Waals surface area contributed by atoms with E-state index in [1.807, 2.05) is 13.8 Å². The molecule has 94 valence electrons. The average Bonchev–Trinajstić information content (AvgIpc) is 1.97. The molecule has 0 spiro atoms. The Morgan fingerprint density at radius 1 is 1.38 bits per heavy atom. The van der Waals surface area contributed by atoms with Crippen LogP contribution >= 0.6 is 0 Å². The fraction of sp³-hybridized carbons (Fsp3) is 0.750. The SMILES string of the molecule is CC(C)=C[C@H](NC(=O)OC(C)(C)C)[C@@H](C)O. The molecule has 2 atom stereocenters. The molecule has 0 unspecified atom stereocenters. The number of hydrogen-bond donors (Lipinski definition) is 2. The molecule has 0 aliphatic heterocycles. The van der Waals surface area contributed by atoms with Crippen molar-refractivity contribution < 1.29 is 14.6 Å². The van der Waals surface area contributed by atoms with Crippen LogP contribution in [0, 0.1) is 0 Å². The molecule has 0 aromatic carbocycles. The quantitative estimate of drug-likeness (QED) is 0.730. The van der Waals surface area contributed by atoms with Crippen molar-refractivity contribution in [2.24, 2.45) is 0 Å². The minimum absolute atomic E-state index is 0.417. The summed E-state index contributed by atoms with van der Waals surface area (Å²) in [5.74, 6) is 0. The van der Waals surface area contributed by atoms with Gasteiger partial charge in [-0.15, -0.1) is 0 Å². The van der Waals surface area contributed by atoms with Gasteiger partial charge < -0.3 is 15.2 Å². The van der Waals surface area contributed by atoms with Gasteiger partial charge in [-0.1, -0.05) is 11.6 Å². The fourth-order valence-corrected chi connectivity index (χ4v) is 1.10. The lowest BCUT2D eigenvalue weighted by Crippen LogP contribution is -2.43. The predicted molar refractivity (Wildman–Crippen MR) is 64.3 cm³/mol. The molecule has 2 N–H and O–H groups in total. The molecular formula is C12H23NO3. The molecule has 0 saturated carbocycles. The van der Waals surface area contributed by atoms with Crippen molar-refractivity contribution in [2.75, 3.05) is 0 Å². The molecule has 16 heavy (non-hydrogen) atoms. The monoisotopic (exact) mass is 229 g/mol. The first-order valence-corrected chi connectivity index (χ1v) is 5.44. The van der Waals surface area contributed by atoms with Crippen LogP contribution in [0.25, 0.3) is 0 Å². The van der Waals surface area contributed by atoms with E-state index in [9.17, 15) is 9.90 Å². The summed E-state index contributed by atoms with van der Waals surface area (Å²) >= 11 is 0. The Morgan fingerprint density at radius 3 is 2.19 bits per heavy atom. The number of aliphatic hydroxyl groups excluding tert-OH is 1. The van der Waals surface area contributed by atoms with E-state index in [1.165, 1.54) is 0 Å². The second kappa shape index (κ2) is 5.89. The van der Waals surface area contributed by atoms with Gasteiger partial charge in [-0.05, 0) is 41.5 Å². The molecule has 0 saturated heterocycles. The maximum Gasteiger partial charge on any atom is 0.408 e. The van der Waals surface area contributed by atoms with Gasteiger partial charge in [0.1, 0.15) is 5.60 Å². The molecule has 0 aliphatic carbocycles.